The van der Waals surface area contributed by atoms with Gasteiger partial charge in [-0.2, -0.15) is 0 Å². The fourth-order valence-electron chi connectivity index (χ4n) is 5.80. The van der Waals surface area contributed by atoms with Crippen molar-refractivity contribution >= 4 is 45.7 Å². The summed E-state index contributed by atoms with van der Waals surface area (Å²) in [5.41, 5.74) is 5.87. The summed E-state index contributed by atoms with van der Waals surface area (Å²) in [4.78, 5) is 66.0. The van der Waals surface area contributed by atoms with E-state index in [0.29, 0.717) is 22.8 Å². The van der Waals surface area contributed by atoms with E-state index in [9.17, 15) is 19.2 Å². The Morgan fingerprint density at radius 2 is 0.942 bits per heavy atom. The minimum atomic E-state index is -0.835. The Balaban J connectivity index is 1.13. The zero-order valence-electron chi connectivity index (χ0n) is 29.1. The molecular formula is C40H38N8O4. The number of hydrogen-bond acceptors (Lipinski definition) is 6. The lowest BCUT2D eigenvalue weighted by atomic mass is 10.1. The first kappa shape index (κ1) is 35.1. The van der Waals surface area contributed by atoms with E-state index in [0.717, 1.165) is 33.2 Å². The number of carbonyl (C=O) groups excluding carboxylic acids is 4. The fourth-order valence-corrected chi connectivity index (χ4v) is 5.80. The van der Waals surface area contributed by atoms with E-state index in [-0.39, 0.29) is 23.6 Å². The monoisotopic (exact) mass is 694 g/mol. The van der Waals surface area contributed by atoms with Crippen molar-refractivity contribution < 1.29 is 19.2 Å². The molecule has 6 aromatic rings. The molecule has 0 saturated carbocycles. The number of nitrogens with one attached hydrogen (secondary N) is 6. The Bertz CT molecular complexity index is 2160. The number of aromatic nitrogens is 4. The van der Waals surface area contributed by atoms with Crippen molar-refractivity contribution in [3.8, 4) is 11.8 Å². The highest BCUT2D eigenvalue weighted by Gasteiger charge is 2.25. The van der Waals surface area contributed by atoms with E-state index in [2.05, 4.69) is 53.0 Å². The minimum Gasteiger partial charge on any atom is -0.344 e. The Labute approximate surface area is 300 Å². The molecular weight excluding hydrogens is 656 g/mol. The van der Waals surface area contributed by atoms with Crippen LogP contribution in [0.25, 0.3) is 22.1 Å². The van der Waals surface area contributed by atoms with Crippen molar-refractivity contribution in [1.82, 2.24) is 41.2 Å². The van der Waals surface area contributed by atoms with Gasteiger partial charge in [0, 0.05) is 25.0 Å². The molecule has 2 aromatic heterocycles. The molecule has 6 N–H and O–H groups in total. The maximum absolute atomic E-state index is 13.2. The normalized spacial score (nSPS) is 13.2. The third-order valence-corrected chi connectivity index (χ3v) is 8.37. The van der Waals surface area contributed by atoms with Crippen LogP contribution >= 0.6 is 0 Å². The predicted molar refractivity (Wildman–Crippen MR) is 197 cm³/mol. The molecule has 6 rings (SSSR count). The molecule has 0 radical (unpaired) electrons. The van der Waals surface area contributed by atoms with Gasteiger partial charge in [-0.15, -0.1) is 0 Å². The number of fused-ring (bicyclic) bond motifs is 2. The topological polar surface area (TPSA) is 174 Å². The molecule has 2 heterocycles. The first-order chi connectivity index (χ1) is 25.0. The van der Waals surface area contributed by atoms with Crippen molar-refractivity contribution in [1.29, 1.82) is 0 Å². The molecule has 4 amide bonds. The molecule has 0 spiro atoms. The maximum atomic E-state index is 13.2. The predicted octanol–water partition coefficient (Wildman–Crippen LogP) is 4.95. The van der Waals surface area contributed by atoms with Gasteiger partial charge in [0.15, 0.2) is 0 Å². The van der Waals surface area contributed by atoms with E-state index >= 15 is 0 Å². The molecule has 0 bridgehead atoms. The number of benzene rings is 4. The third kappa shape index (κ3) is 8.34. The first-order valence-electron chi connectivity index (χ1n) is 16.8. The van der Waals surface area contributed by atoms with E-state index in [1.165, 1.54) is 13.8 Å². The fraction of sp³-hybridized carbons (Fsp3) is 0.200. The second kappa shape index (κ2) is 15.4. The van der Waals surface area contributed by atoms with Crippen LogP contribution in [-0.4, -0.2) is 43.6 Å². The Hall–Kier alpha value is -6.74. The van der Waals surface area contributed by atoms with E-state index in [1.807, 2.05) is 86.6 Å². The van der Waals surface area contributed by atoms with Gasteiger partial charge in [0.25, 0.3) is 0 Å². The van der Waals surface area contributed by atoms with Gasteiger partial charge >= 0.3 is 0 Å². The number of amides is 4. The molecule has 0 aliphatic rings. The summed E-state index contributed by atoms with van der Waals surface area (Å²) in [5.74, 6) is 6.24. The molecule has 0 saturated heterocycles. The van der Waals surface area contributed by atoms with Crippen molar-refractivity contribution in [2.24, 2.45) is 0 Å². The van der Waals surface area contributed by atoms with Gasteiger partial charge in [-0.1, -0.05) is 72.5 Å². The number of imidazole rings is 2. The Morgan fingerprint density at radius 3 is 1.31 bits per heavy atom. The lowest BCUT2D eigenvalue weighted by molar-refractivity contribution is -0.128. The van der Waals surface area contributed by atoms with Gasteiger partial charge in [0.05, 0.1) is 34.2 Å². The molecule has 52 heavy (non-hydrogen) atoms. The summed E-state index contributed by atoms with van der Waals surface area (Å²) in [5, 5.41) is 11.4. The van der Waals surface area contributed by atoms with Gasteiger partial charge in [-0.25, -0.2) is 9.97 Å². The molecule has 0 fully saturated rings. The highest BCUT2D eigenvalue weighted by molar-refractivity contribution is 5.89. The van der Waals surface area contributed by atoms with Gasteiger partial charge < -0.3 is 31.2 Å². The van der Waals surface area contributed by atoms with Crippen LogP contribution in [0.15, 0.2) is 97.1 Å². The quantitative estimate of drug-likeness (QED) is 0.111. The second-order valence-corrected chi connectivity index (χ2v) is 12.5. The molecule has 0 aliphatic carbocycles. The summed E-state index contributed by atoms with van der Waals surface area (Å²) < 4.78 is 0. The summed E-state index contributed by atoms with van der Waals surface area (Å²) >= 11 is 0. The SMILES string of the molecule is CC(=O)N[C@@H](C(=O)N[C@@H](C)c1nc2ccc(C#Cc3ccc4nc([C@H](C)NC(=O)[C@H](NC(C)=O)c5ccccc5)[nH]c4c3)cc2[nH]1)c1ccccc1. The molecule has 12 nitrogen and oxygen atoms in total. The van der Waals surface area contributed by atoms with Crippen molar-refractivity contribution in [2.45, 2.75) is 51.9 Å². The number of nitrogens with zero attached hydrogens (tertiary/aromatic N) is 2. The zero-order valence-corrected chi connectivity index (χ0v) is 29.1. The van der Waals surface area contributed by atoms with Crippen LogP contribution in [0.5, 0.6) is 0 Å². The van der Waals surface area contributed by atoms with Crippen LogP contribution in [0, 0.1) is 11.8 Å². The summed E-state index contributed by atoms with van der Waals surface area (Å²) in [7, 11) is 0. The van der Waals surface area contributed by atoms with E-state index < -0.39 is 24.2 Å². The zero-order chi connectivity index (χ0) is 36.8. The van der Waals surface area contributed by atoms with E-state index in [1.54, 1.807) is 24.3 Å². The molecule has 262 valence electrons. The van der Waals surface area contributed by atoms with Crippen LogP contribution in [0.1, 0.15) is 85.8 Å². The Morgan fingerprint density at radius 1 is 0.558 bits per heavy atom. The van der Waals surface area contributed by atoms with Crippen LogP contribution in [0.2, 0.25) is 0 Å². The van der Waals surface area contributed by atoms with Crippen LogP contribution < -0.4 is 21.3 Å². The molecule has 4 aromatic carbocycles. The minimum absolute atomic E-state index is 0.308. The van der Waals surface area contributed by atoms with Gasteiger partial charge in [0.2, 0.25) is 23.6 Å². The molecule has 0 unspecified atom stereocenters. The number of hydrogen-bond donors (Lipinski definition) is 6. The summed E-state index contributed by atoms with van der Waals surface area (Å²) in [6, 6.07) is 26.8. The number of H-pyrrole nitrogens is 2. The van der Waals surface area contributed by atoms with Crippen LogP contribution in [-0.2, 0) is 19.2 Å². The third-order valence-electron chi connectivity index (χ3n) is 8.37. The number of rotatable bonds is 10. The molecule has 0 aliphatic heterocycles. The van der Waals surface area contributed by atoms with Gasteiger partial charge in [0.1, 0.15) is 23.7 Å². The average Bonchev–Trinajstić information content (AvgIpc) is 3.77. The number of carbonyl (C=O) groups is 4. The van der Waals surface area contributed by atoms with Crippen molar-refractivity contribution in [3.05, 3.63) is 131 Å². The highest BCUT2D eigenvalue weighted by atomic mass is 16.2. The van der Waals surface area contributed by atoms with Crippen LogP contribution in [0.3, 0.4) is 0 Å². The molecule has 12 heteroatoms. The lowest BCUT2D eigenvalue weighted by Crippen LogP contribution is -2.40. The second-order valence-electron chi connectivity index (χ2n) is 12.5. The standard InChI is InChI=1S/C40H38N8O4/c1-23(41-39(51)35(43-25(3)49)29-11-7-5-8-12-29)37-45-31-19-17-27(21-33(31)47-37)15-16-28-18-20-32-34(22-28)48-38(46-32)24(2)42-40(52)36(44-26(4)50)30-13-9-6-10-14-30/h5-14,17-24,35-36H,1-4H3,(H,41,51)(H,42,52)(H,43,49)(H,44,50)(H,45,47)(H,46,48)/t23-,24-,35+,36+/m0/s1. The number of aromatic amines is 2. The molecule has 4 atom stereocenters. The van der Waals surface area contributed by atoms with Gasteiger partial charge in [-0.3, -0.25) is 19.2 Å². The van der Waals surface area contributed by atoms with Crippen LogP contribution in [0.4, 0.5) is 0 Å². The largest absolute Gasteiger partial charge is 0.344 e. The summed E-state index contributed by atoms with van der Waals surface area (Å²) in [6.45, 7) is 6.40. The van der Waals surface area contributed by atoms with Crippen molar-refractivity contribution in [3.63, 3.8) is 0 Å². The van der Waals surface area contributed by atoms with Gasteiger partial charge in [-0.05, 0) is 61.4 Å². The Kier molecular flexibility index (Phi) is 10.4. The lowest BCUT2D eigenvalue weighted by Gasteiger charge is -2.20. The summed E-state index contributed by atoms with van der Waals surface area (Å²) in [6.07, 6.45) is 0. The van der Waals surface area contributed by atoms with E-state index in [4.69, 9.17) is 0 Å². The maximum Gasteiger partial charge on any atom is 0.247 e. The average molecular weight is 695 g/mol. The highest BCUT2D eigenvalue weighted by Crippen LogP contribution is 2.22. The van der Waals surface area contributed by atoms with Crippen molar-refractivity contribution in [2.75, 3.05) is 0 Å². The smallest absolute Gasteiger partial charge is 0.247 e. The first-order valence-corrected chi connectivity index (χ1v) is 16.8.